The van der Waals surface area contributed by atoms with Gasteiger partial charge in [-0.15, -0.1) is 10.2 Å². The molecule has 2 heterocycles. The Balaban J connectivity index is 2.13. The van der Waals surface area contributed by atoms with Gasteiger partial charge in [-0.1, -0.05) is 0 Å². The lowest BCUT2D eigenvalue weighted by Gasteiger charge is -2.14. The van der Waals surface area contributed by atoms with Gasteiger partial charge in [0.25, 0.3) is 11.5 Å². The molecule has 0 saturated carbocycles. The maximum atomic E-state index is 12.2. The molecule has 1 atom stereocenters. The Morgan fingerprint density at radius 3 is 3.00 bits per heavy atom. The van der Waals surface area contributed by atoms with Crippen molar-refractivity contribution >= 4 is 5.91 Å². The highest BCUT2D eigenvalue weighted by Crippen LogP contribution is 2.09. The SMILES string of the molecule is COCCn1cnnc1[C@H](C)NC(=O)c1cccn(C)c1=O. The van der Waals surface area contributed by atoms with Crippen molar-refractivity contribution in [2.75, 3.05) is 13.7 Å². The van der Waals surface area contributed by atoms with E-state index in [9.17, 15) is 9.59 Å². The van der Waals surface area contributed by atoms with Crippen LogP contribution in [-0.2, 0) is 18.3 Å². The van der Waals surface area contributed by atoms with Gasteiger partial charge in [-0.25, -0.2) is 0 Å². The number of amides is 1. The molecule has 0 unspecified atom stereocenters. The molecule has 0 aromatic carbocycles. The van der Waals surface area contributed by atoms with Crippen LogP contribution in [0.3, 0.4) is 0 Å². The normalized spacial score (nSPS) is 12.1. The van der Waals surface area contributed by atoms with E-state index in [4.69, 9.17) is 4.74 Å². The molecule has 0 aliphatic rings. The van der Waals surface area contributed by atoms with Crippen LogP contribution in [0.2, 0.25) is 0 Å². The first kappa shape index (κ1) is 15.9. The molecule has 0 saturated heterocycles. The van der Waals surface area contributed by atoms with E-state index in [-0.39, 0.29) is 17.2 Å². The van der Waals surface area contributed by atoms with Crippen molar-refractivity contribution in [3.63, 3.8) is 0 Å². The number of aryl methyl sites for hydroxylation is 1. The molecule has 2 aromatic heterocycles. The number of nitrogens with one attached hydrogen (secondary N) is 1. The third-order valence-corrected chi connectivity index (χ3v) is 3.28. The second-order valence-electron chi connectivity index (χ2n) is 4.91. The van der Waals surface area contributed by atoms with Crippen LogP contribution < -0.4 is 10.9 Å². The molecule has 8 nitrogen and oxygen atoms in total. The van der Waals surface area contributed by atoms with Crippen LogP contribution in [0.15, 0.2) is 29.5 Å². The molecule has 0 bridgehead atoms. The van der Waals surface area contributed by atoms with Gasteiger partial charge in [0.1, 0.15) is 11.9 Å². The third kappa shape index (κ3) is 3.40. The number of nitrogens with zero attached hydrogens (tertiary/aromatic N) is 4. The second-order valence-corrected chi connectivity index (χ2v) is 4.91. The van der Waals surface area contributed by atoms with Crippen LogP contribution in [0.25, 0.3) is 0 Å². The number of pyridine rings is 1. The predicted octanol–water partition coefficient (Wildman–Crippen LogP) is 0.114. The van der Waals surface area contributed by atoms with E-state index < -0.39 is 5.91 Å². The summed E-state index contributed by atoms with van der Waals surface area (Å²) in [7, 11) is 3.21. The van der Waals surface area contributed by atoms with Crippen molar-refractivity contribution < 1.29 is 9.53 Å². The van der Waals surface area contributed by atoms with E-state index in [0.717, 1.165) is 0 Å². The summed E-state index contributed by atoms with van der Waals surface area (Å²) in [6, 6.07) is 2.78. The zero-order chi connectivity index (χ0) is 16.1. The first-order valence-electron chi connectivity index (χ1n) is 6.87. The van der Waals surface area contributed by atoms with Gasteiger partial charge in [-0.3, -0.25) is 9.59 Å². The van der Waals surface area contributed by atoms with Gasteiger partial charge in [-0.2, -0.15) is 0 Å². The number of hydrogen-bond donors (Lipinski definition) is 1. The number of hydrogen-bond acceptors (Lipinski definition) is 5. The Bertz CT molecular complexity index is 706. The lowest BCUT2D eigenvalue weighted by Crippen LogP contribution is -2.34. The van der Waals surface area contributed by atoms with Crippen LogP contribution in [0.1, 0.15) is 29.1 Å². The summed E-state index contributed by atoms with van der Waals surface area (Å²) >= 11 is 0. The molecule has 2 aromatic rings. The minimum absolute atomic E-state index is 0.0970. The molecule has 0 radical (unpaired) electrons. The molecule has 8 heteroatoms. The van der Waals surface area contributed by atoms with E-state index in [2.05, 4.69) is 15.5 Å². The van der Waals surface area contributed by atoms with Gasteiger partial charge in [0, 0.05) is 26.9 Å². The smallest absolute Gasteiger partial charge is 0.263 e. The largest absolute Gasteiger partial charge is 0.383 e. The van der Waals surface area contributed by atoms with Gasteiger partial charge >= 0.3 is 0 Å². The van der Waals surface area contributed by atoms with Crippen molar-refractivity contribution in [1.29, 1.82) is 0 Å². The Labute approximate surface area is 127 Å². The molecule has 0 spiro atoms. The standard InChI is InChI=1S/C14H19N5O3/c1-10(12-17-15-9-19(12)7-8-22-3)16-13(20)11-5-4-6-18(2)14(11)21/h4-6,9-10H,7-8H2,1-3H3,(H,16,20)/t10-/m0/s1. The second kappa shape index (κ2) is 6.99. The highest BCUT2D eigenvalue weighted by molar-refractivity contribution is 5.93. The van der Waals surface area contributed by atoms with Crippen molar-refractivity contribution in [3.8, 4) is 0 Å². The van der Waals surface area contributed by atoms with Crippen LogP contribution in [0.5, 0.6) is 0 Å². The summed E-state index contributed by atoms with van der Waals surface area (Å²) in [5.41, 5.74) is -0.243. The van der Waals surface area contributed by atoms with E-state index in [1.807, 2.05) is 0 Å². The fourth-order valence-electron chi connectivity index (χ4n) is 2.07. The minimum atomic E-state index is -0.435. The van der Waals surface area contributed by atoms with Crippen molar-refractivity contribution in [3.05, 3.63) is 46.4 Å². The summed E-state index contributed by atoms with van der Waals surface area (Å²) in [6.07, 6.45) is 3.18. The van der Waals surface area contributed by atoms with E-state index in [1.54, 1.807) is 44.2 Å². The number of methoxy groups -OCH3 is 1. The van der Waals surface area contributed by atoms with Gasteiger partial charge in [0.2, 0.25) is 0 Å². The average Bonchev–Trinajstić information content (AvgIpc) is 2.96. The van der Waals surface area contributed by atoms with Crippen LogP contribution in [-0.4, -0.2) is 39.0 Å². The van der Waals surface area contributed by atoms with Gasteiger partial charge in [0.05, 0.1) is 12.6 Å². The van der Waals surface area contributed by atoms with E-state index >= 15 is 0 Å². The maximum absolute atomic E-state index is 12.2. The number of carbonyl (C=O) groups excluding carboxylic acids is 1. The highest BCUT2D eigenvalue weighted by Gasteiger charge is 2.18. The zero-order valence-corrected chi connectivity index (χ0v) is 12.8. The highest BCUT2D eigenvalue weighted by atomic mass is 16.5. The third-order valence-electron chi connectivity index (χ3n) is 3.28. The Hall–Kier alpha value is -2.48. The van der Waals surface area contributed by atoms with Crippen LogP contribution in [0, 0.1) is 0 Å². The maximum Gasteiger partial charge on any atom is 0.263 e. The molecule has 2 rings (SSSR count). The summed E-state index contributed by atoms with van der Waals surface area (Å²) in [4.78, 5) is 24.2. The van der Waals surface area contributed by atoms with Gasteiger partial charge < -0.3 is 19.2 Å². The quantitative estimate of drug-likeness (QED) is 0.818. The lowest BCUT2D eigenvalue weighted by molar-refractivity contribution is 0.0935. The van der Waals surface area contributed by atoms with Gasteiger partial charge in [0.15, 0.2) is 5.82 Å². The number of carbonyl (C=O) groups is 1. The van der Waals surface area contributed by atoms with Crippen LogP contribution >= 0.6 is 0 Å². The molecule has 118 valence electrons. The van der Waals surface area contributed by atoms with Crippen LogP contribution in [0.4, 0.5) is 0 Å². The van der Waals surface area contributed by atoms with E-state index in [0.29, 0.717) is 19.0 Å². The molecule has 1 amide bonds. The summed E-state index contributed by atoms with van der Waals surface area (Å²) < 4.78 is 8.19. The monoisotopic (exact) mass is 305 g/mol. The molecule has 0 aliphatic carbocycles. The van der Waals surface area contributed by atoms with Crippen molar-refractivity contribution in [2.45, 2.75) is 19.5 Å². The number of rotatable bonds is 6. The molecular formula is C14H19N5O3. The number of aromatic nitrogens is 4. The van der Waals surface area contributed by atoms with Gasteiger partial charge in [-0.05, 0) is 19.1 Å². The molecule has 0 fully saturated rings. The first-order valence-corrected chi connectivity index (χ1v) is 6.87. The Kier molecular flexibility index (Phi) is 5.05. The molecule has 0 aliphatic heterocycles. The molecule has 22 heavy (non-hydrogen) atoms. The first-order chi connectivity index (χ1) is 10.5. The number of ether oxygens (including phenoxy) is 1. The van der Waals surface area contributed by atoms with Crippen molar-refractivity contribution in [1.82, 2.24) is 24.6 Å². The summed E-state index contributed by atoms with van der Waals surface area (Å²) in [6.45, 7) is 2.90. The minimum Gasteiger partial charge on any atom is -0.383 e. The lowest BCUT2D eigenvalue weighted by atomic mass is 10.2. The Morgan fingerprint density at radius 2 is 2.27 bits per heavy atom. The average molecular weight is 305 g/mol. The summed E-state index contributed by atoms with van der Waals surface area (Å²) in [5.74, 6) is 0.174. The fraction of sp³-hybridized carbons (Fsp3) is 0.429. The fourth-order valence-corrected chi connectivity index (χ4v) is 2.07. The zero-order valence-electron chi connectivity index (χ0n) is 12.8. The Morgan fingerprint density at radius 1 is 1.50 bits per heavy atom. The predicted molar refractivity (Wildman–Crippen MR) is 79.5 cm³/mol. The van der Waals surface area contributed by atoms with Crippen molar-refractivity contribution in [2.24, 2.45) is 7.05 Å². The van der Waals surface area contributed by atoms with E-state index in [1.165, 1.54) is 10.6 Å². The molecule has 1 N–H and O–H groups in total. The summed E-state index contributed by atoms with van der Waals surface area (Å²) in [5, 5.41) is 10.6. The topological polar surface area (TPSA) is 91.0 Å². The molecular weight excluding hydrogens is 286 g/mol.